The van der Waals surface area contributed by atoms with Crippen LogP contribution < -0.4 is 10.6 Å². The monoisotopic (exact) mass is 220 g/mol. The van der Waals surface area contributed by atoms with Crippen molar-refractivity contribution in [1.29, 1.82) is 0 Å². The second-order valence-electron chi connectivity index (χ2n) is 4.79. The van der Waals surface area contributed by atoms with Crippen molar-refractivity contribution in [3.05, 3.63) is 17.0 Å². The van der Waals surface area contributed by atoms with E-state index in [1.165, 1.54) is 5.56 Å². The van der Waals surface area contributed by atoms with Gasteiger partial charge in [-0.25, -0.2) is 9.97 Å². The summed E-state index contributed by atoms with van der Waals surface area (Å²) in [5.74, 6) is 1.25. The summed E-state index contributed by atoms with van der Waals surface area (Å²) >= 11 is 0. The van der Waals surface area contributed by atoms with Crippen molar-refractivity contribution in [3.63, 3.8) is 0 Å². The fraction of sp³-hybridized carbons (Fsp3) is 0.667. The summed E-state index contributed by atoms with van der Waals surface area (Å²) in [6, 6.07) is 0.490. The molecule has 1 aliphatic heterocycles. The zero-order valence-electron chi connectivity index (χ0n) is 10.5. The van der Waals surface area contributed by atoms with Gasteiger partial charge in [0, 0.05) is 24.5 Å². The van der Waals surface area contributed by atoms with Crippen molar-refractivity contribution < 1.29 is 0 Å². The molecule has 0 amide bonds. The molecular weight excluding hydrogens is 200 g/mol. The third-order valence-electron chi connectivity index (χ3n) is 3.02. The van der Waals surface area contributed by atoms with Gasteiger partial charge < -0.3 is 10.6 Å². The van der Waals surface area contributed by atoms with Gasteiger partial charge in [-0.05, 0) is 25.3 Å². The maximum absolute atomic E-state index is 4.53. The topological polar surface area (TPSA) is 49.8 Å². The predicted molar refractivity (Wildman–Crippen MR) is 65.9 cm³/mol. The SMILES string of the molecule is Cc1nc(NC2CNC2)nc(C)c1C(C)C. The van der Waals surface area contributed by atoms with E-state index in [1.807, 2.05) is 0 Å². The second kappa shape index (κ2) is 4.37. The Labute approximate surface area is 96.9 Å². The number of nitrogens with zero attached hydrogens (tertiary/aromatic N) is 2. The summed E-state index contributed by atoms with van der Waals surface area (Å²) < 4.78 is 0. The number of hydrogen-bond donors (Lipinski definition) is 2. The molecule has 1 aliphatic rings. The van der Waals surface area contributed by atoms with E-state index in [-0.39, 0.29) is 0 Å². The lowest BCUT2D eigenvalue weighted by Gasteiger charge is -2.28. The van der Waals surface area contributed by atoms with Crippen molar-refractivity contribution >= 4 is 5.95 Å². The van der Waals surface area contributed by atoms with Gasteiger partial charge in [-0.1, -0.05) is 13.8 Å². The van der Waals surface area contributed by atoms with Gasteiger partial charge in [-0.15, -0.1) is 0 Å². The summed E-state index contributed by atoms with van der Waals surface area (Å²) in [7, 11) is 0. The van der Waals surface area contributed by atoms with Crippen LogP contribution in [-0.4, -0.2) is 29.1 Å². The molecule has 0 atom stereocenters. The molecule has 0 unspecified atom stereocenters. The Kier molecular flexibility index (Phi) is 3.10. The predicted octanol–water partition coefficient (Wildman–Crippen LogP) is 1.60. The first-order chi connectivity index (χ1) is 7.58. The highest BCUT2D eigenvalue weighted by Crippen LogP contribution is 2.21. The molecule has 2 heterocycles. The zero-order valence-corrected chi connectivity index (χ0v) is 10.5. The molecule has 0 spiro atoms. The number of nitrogens with one attached hydrogen (secondary N) is 2. The van der Waals surface area contributed by atoms with Crippen LogP contribution in [0.3, 0.4) is 0 Å². The second-order valence-corrected chi connectivity index (χ2v) is 4.79. The van der Waals surface area contributed by atoms with Crippen LogP contribution in [-0.2, 0) is 0 Å². The fourth-order valence-electron chi connectivity index (χ4n) is 2.20. The maximum Gasteiger partial charge on any atom is 0.223 e. The highest BCUT2D eigenvalue weighted by atomic mass is 15.2. The number of aromatic nitrogens is 2. The molecule has 1 aromatic rings. The Morgan fingerprint density at radius 3 is 2.12 bits per heavy atom. The first-order valence-corrected chi connectivity index (χ1v) is 5.90. The smallest absolute Gasteiger partial charge is 0.223 e. The van der Waals surface area contributed by atoms with E-state index in [1.54, 1.807) is 0 Å². The fourth-order valence-corrected chi connectivity index (χ4v) is 2.20. The van der Waals surface area contributed by atoms with E-state index in [0.29, 0.717) is 12.0 Å². The maximum atomic E-state index is 4.53. The summed E-state index contributed by atoms with van der Waals surface area (Å²) in [6.07, 6.45) is 0. The van der Waals surface area contributed by atoms with Crippen LogP contribution in [0.1, 0.15) is 36.7 Å². The highest BCUT2D eigenvalue weighted by Gasteiger charge is 2.18. The number of rotatable bonds is 3. The normalized spacial score (nSPS) is 16.3. The van der Waals surface area contributed by atoms with Crippen LogP contribution in [0.4, 0.5) is 5.95 Å². The molecular formula is C12H20N4. The average Bonchev–Trinajstić information content (AvgIpc) is 2.09. The number of anilines is 1. The summed E-state index contributed by atoms with van der Waals surface area (Å²) in [6.45, 7) is 10.5. The quantitative estimate of drug-likeness (QED) is 0.812. The average molecular weight is 220 g/mol. The third kappa shape index (κ3) is 2.16. The van der Waals surface area contributed by atoms with E-state index in [4.69, 9.17) is 0 Å². The lowest BCUT2D eigenvalue weighted by molar-refractivity contribution is 0.469. The molecule has 16 heavy (non-hydrogen) atoms. The largest absolute Gasteiger partial charge is 0.349 e. The first kappa shape index (κ1) is 11.3. The summed E-state index contributed by atoms with van der Waals surface area (Å²) in [4.78, 5) is 9.05. The minimum atomic E-state index is 0.486. The zero-order chi connectivity index (χ0) is 11.7. The number of aryl methyl sites for hydroxylation is 2. The molecule has 88 valence electrons. The Bertz CT molecular complexity index is 360. The summed E-state index contributed by atoms with van der Waals surface area (Å²) in [5.41, 5.74) is 3.46. The molecule has 0 aromatic carbocycles. The molecule has 0 saturated carbocycles. The van der Waals surface area contributed by atoms with E-state index < -0.39 is 0 Å². The molecule has 0 bridgehead atoms. The molecule has 2 N–H and O–H groups in total. The standard InChI is InChI=1S/C12H20N4/c1-7(2)11-8(3)14-12(15-9(11)4)16-10-5-13-6-10/h7,10,13H,5-6H2,1-4H3,(H,14,15,16). The number of hydrogen-bond acceptors (Lipinski definition) is 4. The van der Waals surface area contributed by atoms with Gasteiger partial charge >= 0.3 is 0 Å². The Hall–Kier alpha value is -1.16. The lowest BCUT2D eigenvalue weighted by atomic mass is 10.0. The molecule has 1 saturated heterocycles. The Morgan fingerprint density at radius 1 is 1.19 bits per heavy atom. The van der Waals surface area contributed by atoms with E-state index in [0.717, 1.165) is 30.4 Å². The van der Waals surface area contributed by atoms with E-state index >= 15 is 0 Å². The minimum Gasteiger partial charge on any atom is -0.349 e. The van der Waals surface area contributed by atoms with Gasteiger partial charge in [0.2, 0.25) is 5.95 Å². The molecule has 0 radical (unpaired) electrons. The molecule has 2 rings (SSSR count). The highest BCUT2D eigenvalue weighted by molar-refractivity contribution is 5.36. The molecule has 1 fully saturated rings. The molecule has 4 nitrogen and oxygen atoms in total. The van der Waals surface area contributed by atoms with Gasteiger partial charge in [0.15, 0.2) is 0 Å². The van der Waals surface area contributed by atoms with Crippen molar-refractivity contribution in [2.24, 2.45) is 0 Å². The van der Waals surface area contributed by atoms with E-state index in [2.05, 4.69) is 48.3 Å². The van der Waals surface area contributed by atoms with Gasteiger partial charge in [0.05, 0.1) is 6.04 Å². The Morgan fingerprint density at radius 2 is 1.75 bits per heavy atom. The van der Waals surface area contributed by atoms with Gasteiger partial charge in [0.25, 0.3) is 0 Å². The summed E-state index contributed by atoms with van der Waals surface area (Å²) in [5, 5.41) is 6.56. The van der Waals surface area contributed by atoms with Gasteiger partial charge in [-0.2, -0.15) is 0 Å². The molecule has 0 aliphatic carbocycles. The molecule has 1 aromatic heterocycles. The van der Waals surface area contributed by atoms with Crippen molar-refractivity contribution in [3.8, 4) is 0 Å². The van der Waals surface area contributed by atoms with Crippen molar-refractivity contribution in [2.75, 3.05) is 18.4 Å². The lowest BCUT2D eigenvalue weighted by Crippen LogP contribution is -2.51. The van der Waals surface area contributed by atoms with Crippen LogP contribution in [0.2, 0.25) is 0 Å². The van der Waals surface area contributed by atoms with E-state index in [9.17, 15) is 0 Å². The minimum absolute atomic E-state index is 0.486. The Balaban J connectivity index is 2.21. The third-order valence-corrected chi connectivity index (χ3v) is 3.02. The molecule has 4 heteroatoms. The van der Waals surface area contributed by atoms with Crippen LogP contribution in [0, 0.1) is 13.8 Å². The van der Waals surface area contributed by atoms with Crippen LogP contribution >= 0.6 is 0 Å². The van der Waals surface area contributed by atoms with Gasteiger partial charge in [0.1, 0.15) is 0 Å². The first-order valence-electron chi connectivity index (χ1n) is 5.90. The van der Waals surface area contributed by atoms with Crippen LogP contribution in [0.5, 0.6) is 0 Å². The van der Waals surface area contributed by atoms with Crippen LogP contribution in [0.25, 0.3) is 0 Å². The van der Waals surface area contributed by atoms with Crippen molar-refractivity contribution in [1.82, 2.24) is 15.3 Å². The van der Waals surface area contributed by atoms with Crippen molar-refractivity contribution in [2.45, 2.75) is 39.7 Å². The van der Waals surface area contributed by atoms with Crippen LogP contribution in [0.15, 0.2) is 0 Å². The van der Waals surface area contributed by atoms with Gasteiger partial charge in [-0.3, -0.25) is 0 Å².